The molecule has 0 spiro atoms. The van der Waals surface area contributed by atoms with E-state index in [1.54, 1.807) is 54.6 Å². The number of rotatable bonds is 11. The summed E-state index contributed by atoms with van der Waals surface area (Å²) in [6.45, 7) is 6.15. The monoisotopic (exact) mass is 1010 g/mol. The highest BCUT2D eigenvalue weighted by molar-refractivity contribution is 6.36. The third-order valence-electron chi connectivity index (χ3n) is 13.5. The highest BCUT2D eigenvalue weighted by atomic mass is 16.5. The van der Waals surface area contributed by atoms with Gasteiger partial charge < -0.3 is 14.2 Å². The summed E-state index contributed by atoms with van der Waals surface area (Å²) in [5.41, 5.74) is 5.28. The molecule has 15 nitrogen and oxygen atoms in total. The van der Waals surface area contributed by atoms with Crippen LogP contribution in [0.15, 0.2) is 182 Å². The summed E-state index contributed by atoms with van der Waals surface area (Å²) >= 11 is 0. The lowest BCUT2D eigenvalue weighted by Crippen LogP contribution is -2.32. The molecule has 8 aromatic carbocycles. The number of carbonyl (C=O) groups is 6. The van der Waals surface area contributed by atoms with Gasteiger partial charge in [0.2, 0.25) is 5.95 Å². The SMILES string of the molecule is Cc1cccc(Oc2ccc(N3C(=O)c4ccc(Oc5ccc(C(C)(C)c6ccc(Oc7ccc8c(c7)C(=O)N(c7n[nH]c(N9C(=O)c%10ccc(C#Cc%11ccccc%11)cc%10C9=O)n7)C8=O)cc6)cc5)cc4C3=O)cc2)c1. The van der Waals surface area contributed by atoms with Crippen LogP contribution in [0.3, 0.4) is 0 Å². The molecule has 372 valence electrons. The van der Waals surface area contributed by atoms with Crippen LogP contribution in [-0.2, 0) is 5.41 Å². The van der Waals surface area contributed by atoms with Crippen LogP contribution in [-0.4, -0.2) is 50.6 Å². The second-order valence-corrected chi connectivity index (χ2v) is 18.9. The molecule has 3 aliphatic heterocycles. The average Bonchev–Trinajstić information content (AvgIpc) is 4.27. The van der Waals surface area contributed by atoms with Crippen LogP contribution in [0.4, 0.5) is 17.6 Å². The van der Waals surface area contributed by atoms with Crippen molar-refractivity contribution >= 4 is 53.0 Å². The maximum Gasteiger partial charge on any atom is 0.268 e. The molecule has 12 rings (SSSR count). The van der Waals surface area contributed by atoms with E-state index < -0.39 is 40.9 Å². The number of benzene rings is 8. The number of ether oxygens (including phenoxy) is 3. The molecule has 0 radical (unpaired) electrons. The van der Waals surface area contributed by atoms with Gasteiger partial charge in [-0.3, -0.25) is 28.8 Å². The second kappa shape index (κ2) is 18.6. The smallest absolute Gasteiger partial charge is 0.268 e. The van der Waals surface area contributed by atoms with Crippen molar-refractivity contribution in [3.63, 3.8) is 0 Å². The Labute approximate surface area is 439 Å². The molecular weight excluding hydrogens is 973 g/mol. The molecule has 0 atom stereocenters. The van der Waals surface area contributed by atoms with E-state index in [-0.39, 0.29) is 45.3 Å². The fraction of sp³-hybridized carbons (Fsp3) is 0.0645. The normalized spacial score (nSPS) is 13.6. The summed E-state index contributed by atoms with van der Waals surface area (Å²) in [4.78, 5) is 88.4. The molecule has 1 aromatic heterocycles. The molecule has 3 aliphatic rings. The lowest BCUT2D eigenvalue weighted by atomic mass is 9.78. The summed E-state index contributed by atoms with van der Waals surface area (Å²) in [5.74, 6) is 4.84. The molecule has 15 heteroatoms. The van der Waals surface area contributed by atoms with Crippen molar-refractivity contribution in [1.29, 1.82) is 0 Å². The summed E-state index contributed by atoms with van der Waals surface area (Å²) in [6.07, 6.45) is 0. The fourth-order valence-electron chi connectivity index (χ4n) is 9.40. The molecule has 77 heavy (non-hydrogen) atoms. The minimum absolute atomic E-state index is 0.0585. The summed E-state index contributed by atoms with van der Waals surface area (Å²) in [5, 5.41) is 6.60. The first-order chi connectivity index (χ1) is 37.3. The Morgan fingerprint density at radius 1 is 0.416 bits per heavy atom. The zero-order chi connectivity index (χ0) is 53.1. The quantitative estimate of drug-likeness (QED) is 0.0961. The Morgan fingerprint density at radius 3 is 1.45 bits per heavy atom. The van der Waals surface area contributed by atoms with E-state index in [0.717, 1.165) is 37.0 Å². The molecule has 0 saturated carbocycles. The van der Waals surface area contributed by atoms with Gasteiger partial charge in [-0.15, -0.1) is 5.10 Å². The van der Waals surface area contributed by atoms with E-state index in [0.29, 0.717) is 45.7 Å². The molecule has 0 saturated heterocycles. The topological polar surface area (TPSA) is 181 Å². The first-order valence-corrected chi connectivity index (χ1v) is 24.3. The van der Waals surface area contributed by atoms with Gasteiger partial charge in [0.05, 0.1) is 39.1 Å². The molecule has 6 amide bonds. The number of amides is 6. The zero-order valence-corrected chi connectivity index (χ0v) is 41.2. The molecule has 0 aliphatic carbocycles. The minimum atomic E-state index is -0.715. The van der Waals surface area contributed by atoms with Crippen LogP contribution in [0, 0.1) is 18.8 Å². The lowest BCUT2D eigenvalue weighted by molar-refractivity contribution is 0.0909. The molecule has 4 heterocycles. The van der Waals surface area contributed by atoms with Crippen molar-refractivity contribution in [3.8, 4) is 46.3 Å². The van der Waals surface area contributed by atoms with E-state index in [4.69, 9.17) is 14.2 Å². The maximum absolute atomic E-state index is 13.8. The van der Waals surface area contributed by atoms with Gasteiger partial charge in [0.15, 0.2) is 0 Å². The first-order valence-electron chi connectivity index (χ1n) is 24.3. The predicted octanol–water partition coefficient (Wildman–Crippen LogP) is 11.6. The number of aryl methyl sites for hydroxylation is 1. The predicted molar refractivity (Wildman–Crippen MR) is 284 cm³/mol. The Balaban J connectivity index is 0.675. The largest absolute Gasteiger partial charge is 0.457 e. The number of carbonyl (C=O) groups excluding carboxylic acids is 6. The van der Waals surface area contributed by atoms with Gasteiger partial charge in [0.1, 0.15) is 34.5 Å². The van der Waals surface area contributed by atoms with E-state index >= 15 is 0 Å². The van der Waals surface area contributed by atoms with Gasteiger partial charge in [-0.05, 0) is 151 Å². The molecule has 0 bridgehead atoms. The number of nitrogens with one attached hydrogen (secondary N) is 1. The number of aromatic amines is 1. The van der Waals surface area contributed by atoms with Crippen molar-refractivity contribution in [2.75, 3.05) is 14.7 Å². The summed E-state index contributed by atoms with van der Waals surface area (Å²) in [7, 11) is 0. The van der Waals surface area contributed by atoms with Crippen molar-refractivity contribution in [1.82, 2.24) is 15.2 Å². The van der Waals surface area contributed by atoms with Gasteiger partial charge in [0, 0.05) is 16.5 Å². The number of nitrogens with zero attached hydrogens (tertiary/aromatic N) is 5. The van der Waals surface area contributed by atoms with Gasteiger partial charge in [-0.1, -0.05) is 80.3 Å². The van der Waals surface area contributed by atoms with E-state index in [1.807, 2.05) is 110 Å². The van der Waals surface area contributed by atoms with Gasteiger partial charge in [0.25, 0.3) is 41.4 Å². The fourth-order valence-corrected chi connectivity index (χ4v) is 9.40. The van der Waals surface area contributed by atoms with Crippen LogP contribution >= 0.6 is 0 Å². The molecular formula is C62H40N6O9. The number of aromatic nitrogens is 3. The van der Waals surface area contributed by atoms with Crippen molar-refractivity contribution < 1.29 is 43.0 Å². The van der Waals surface area contributed by atoms with Crippen LogP contribution in [0.2, 0.25) is 0 Å². The third-order valence-corrected chi connectivity index (χ3v) is 13.5. The summed E-state index contributed by atoms with van der Waals surface area (Å²) < 4.78 is 18.3. The highest BCUT2D eigenvalue weighted by Gasteiger charge is 2.43. The number of imide groups is 3. The standard InChI is InChI=1S/C62H40N6O9/c1-36-8-7-11-45(32-36)75-44-25-19-41(20-26-44)66-54(69)49-30-27-46(34-52(49)57(66)72)76-42-21-15-39(16-22-42)62(2,3)40-17-23-43(24-18-40)77-47-28-31-50-53(35-47)59(74)68(56(50)71)61-63-60(64-65-61)67-55(70)48-29-14-38(33-51(48)58(67)73)13-12-37-9-5-4-6-10-37/h4-11,14-35H,1-3H3,(H,63,64,65). The Morgan fingerprint density at radius 2 is 0.870 bits per heavy atom. The zero-order valence-electron chi connectivity index (χ0n) is 41.2. The van der Waals surface area contributed by atoms with E-state index in [9.17, 15) is 28.8 Å². The van der Waals surface area contributed by atoms with Crippen LogP contribution in [0.5, 0.6) is 34.5 Å². The maximum atomic E-state index is 13.8. The Hall–Kier alpha value is -10.7. The molecule has 1 N–H and O–H groups in total. The third kappa shape index (κ3) is 8.61. The molecule has 0 fully saturated rings. The van der Waals surface area contributed by atoms with E-state index in [2.05, 4.69) is 40.9 Å². The number of hydrogen-bond donors (Lipinski definition) is 1. The Kier molecular flexibility index (Phi) is 11.5. The summed E-state index contributed by atoms with van der Waals surface area (Å²) in [6, 6.07) is 53.0. The number of fused-ring (bicyclic) bond motifs is 3. The van der Waals surface area contributed by atoms with Crippen LogP contribution in [0.1, 0.15) is 104 Å². The lowest BCUT2D eigenvalue weighted by Gasteiger charge is -2.26. The van der Waals surface area contributed by atoms with Gasteiger partial charge >= 0.3 is 0 Å². The minimum Gasteiger partial charge on any atom is -0.457 e. The van der Waals surface area contributed by atoms with Crippen LogP contribution < -0.4 is 28.9 Å². The molecule has 0 unspecified atom stereocenters. The molecule has 9 aromatic rings. The van der Waals surface area contributed by atoms with Crippen molar-refractivity contribution in [2.45, 2.75) is 26.2 Å². The second-order valence-electron chi connectivity index (χ2n) is 18.9. The van der Waals surface area contributed by atoms with E-state index in [1.165, 1.54) is 24.3 Å². The van der Waals surface area contributed by atoms with Crippen LogP contribution in [0.25, 0.3) is 0 Å². The highest BCUT2D eigenvalue weighted by Crippen LogP contribution is 2.38. The number of H-pyrrole nitrogens is 1. The first kappa shape index (κ1) is 47.3. The Bertz CT molecular complexity index is 4030. The number of hydrogen-bond acceptors (Lipinski definition) is 11. The van der Waals surface area contributed by atoms with Gasteiger partial charge in [-0.25, -0.2) is 19.8 Å². The van der Waals surface area contributed by atoms with Crippen molar-refractivity contribution in [3.05, 3.63) is 243 Å². The van der Waals surface area contributed by atoms with Crippen molar-refractivity contribution in [2.24, 2.45) is 0 Å². The average molecular weight is 1010 g/mol. The number of anilines is 3. The van der Waals surface area contributed by atoms with Gasteiger partial charge in [-0.2, -0.15) is 4.98 Å².